The Balaban J connectivity index is 2.37. The Labute approximate surface area is 115 Å². The van der Waals surface area contributed by atoms with E-state index in [1.165, 1.54) is 6.20 Å². The van der Waals surface area contributed by atoms with E-state index in [-0.39, 0.29) is 29.3 Å². The van der Waals surface area contributed by atoms with Crippen LogP contribution in [0.15, 0.2) is 12.3 Å². The average molecular weight is 279 g/mol. The maximum absolute atomic E-state index is 11.8. The van der Waals surface area contributed by atoms with Crippen molar-refractivity contribution >= 4 is 35.0 Å². The Morgan fingerprint density at radius 1 is 1.63 bits per heavy atom. The smallest absolute Gasteiger partial charge is 0.249 e. The largest absolute Gasteiger partial charge is 0.388 e. The number of piperazine rings is 1. The van der Waals surface area contributed by atoms with Crippen LogP contribution in [0.1, 0.15) is 19.0 Å². The van der Waals surface area contributed by atoms with E-state index >= 15 is 0 Å². The molecule has 1 aromatic rings. The number of hydrogen-bond donors (Lipinski definition) is 2. The van der Waals surface area contributed by atoms with Gasteiger partial charge in [-0.2, -0.15) is 0 Å². The first kappa shape index (κ1) is 13.3. The van der Waals surface area contributed by atoms with Gasteiger partial charge in [0.05, 0.1) is 0 Å². The number of hydrogen-bond acceptors (Lipinski definition) is 6. The Morgan fingerprint density at radius 3 is 3.00 bits per heavy atom. The van der Waals surface area contributed by atoms with Crippen LogP contribution in [0.3, 0.4) is 0 Å². The number of nitrogens with one attached hydrogen (secondary N) is 1. The van der Waals surface area contributed by atoms with E-state index in [1.807, 2.05) is 6.92 Å². The van der Waals surface area contributed by atoms with Crippen molar-refractivity contribution in [2.45, 2.75) is 19.4 Å². The van der Waals surface area contributed by atoms with E-state index in [4.69, 9.17) is 18.0 Å². The second-order valence-corrected chi connectivity index (χ2v) is 4.51. The first-order valence-corrected chi connectivity index (χ1v) is 6.17. The van der Waals surface area contributed by atoms with Gasteiger partial charge in [-0.3, -0.25) is 14.9 Å². The molecule has 100 valence electrons. The quantitative estimate of drug-likeness (QED) is 0.560. The van der Waals surface area contributed by atoms with Crippen LogP contribution in [-0.2, 0) is 9.59 Å². The van der Waals surface area contributed by atoms with E-state index in [9.17, 15) is 9.59 Å². The van der Waals surface area contributed by atoms with E-state index < -0.39 is 6.04 Å². The number of anilines is 1. The highest BCUT2D eigenvalue weighted by Gasteiger charge is 2.34. The van der Waals surface area contributed by atoms with Gasteiger partial charge in [-0.05, 0) is 12.5 Å². The summed E-state index contributed by atoms with van der Waals surface area (Å²) in [7, 11) is 0. The summed E-state index contributed by atoms with van der Waals surface area (Å²) in [5.41, 5.74) is 5.92. The Kier molecular flexibility index (Phi) is 3.70. The number of carbonyl (C=O) groups excluding carboxylic acids is 2. The molecular formula is C11H13N5O2S. The summed E-state index contributed by atoms with van der Waals surface area (Å²) < 4.78 is 0. The summed E-state index contributed by atoms with van der Waals surface area (Å²) in [6.45, 7) is 1.88. The van der Waals surface area contributed by atoms with Crippen LogP contribution in [0.2, 0.25) is 0 Å². The summed E-state index contributed by atoms with van der Waals surface area (Å²) in [6, 6.07) is 1.11. The average Bonchev–Trinajstić information content (AvgIpc) is 2.38. The van der Waals surface area contributed by atoms with Crippen molar-refractivity contribution in [3.8, 4) is 0 Å². The summed E-state index contributed by atoms with van der Waals surface area (Å²) in [5, 5.41) is 2.29. The van der Waals surface area contributed by atoms with E-state index in [2.05, 4.69) is 15.3 Å². The zero-order chi connectivity index (χ0) is 14.0. The van der Waals surface area contributed by atoms with Gasteiger partial charge in [0.15, 0.2) is 0 Å². The molecule has 1 fully saturated rings. The molecule has 7 nitrogen and oxygen atoms in total. The fourth-order valence-electron chi connectivity index (χ4n) is 1.91. The van der Waals surface area contributed by atoms with Crippen LogP contribution >= 0.6 is 12.2 Å². The third kappa shape index (κ3) is 2.68. The molecule has 0 aromatic carbocycles. The molecule has 0 bridgehead atoms. The van der Waals surface area contributed by atoms with Crippen LogP contribution in [0, 0.1) is 0 Å². The predicted molar refractivity (Wildman–Crippen MR) is 72.5 cm³/mol. The molecule has 3 N–H and O–H groups in total. The first-order chi connectivity index (χ1) is 9.02. The molecule has 1 aliphatic rings. The highest BCUT2D eigenvalue weighted by atomic mass is 32.1. The normalized spacial score (nSPS) is 19.2. The minimum atomic E-state index is -0.473. The van der Waals surface area contributed by atoms with Crippen LogP contribution < -0.4 is 16.0 Å². The first-order valence-electron chi connectivity index (χ1n) is 5.76. The molecular weight excluding hydrogens is 266 g/mol. The highest BCUT2D eigenvalue weighted by molar-refractivity contribution is 7.80. The van der Waals surface area contributed by atoms with Gasteiger partial charge in [0, 0.05) is 6.20 Å². The Bertz CT molecular complexity index is 548. The lowest BCUT2D eigenvalue weighted by Crippen LogP contribution is -2.58. The maximum atomic E-state index is 11.8. The molecule has 2 amide bonds. The fourth-order valence-corrected chi connectivity index (χ4v) is 2.02. The van der Waals surface area contributed by atoms with Gasteiger partial charge in [-0.1, -0.05) is 19.1 Å². The van der Waals surface area contributed by atoms with Crippen molar-refractivity contribution in [3.05, 3.63) is 18.0 Å². The maximum Gasteiger partial charge on any atom is 0.249 e. The van der Waals surface area contributed by atoms with Gasteiger partial charge in [-0.15, -0.1) is 0 Å². The van der Waals surface area contributed by atoms with E-state index in [1.54, 1.807) is 11.0 Å². The van der Waals surface area contributed by atoms with Crippen molar-refractivity contribution in [3.63, 3.8) is 0 Å². The number of imide groups is 1. The zero-order valence-electron chi connectivity index (χ0n) is 10.3. The molecule has 1 saturated heterocycles. The van der Waals surface area contributed by atoms with Gasteiger partial charge in [0.1, 0.15) is 23.3 Å². The number of carbonyl (C=O) groups is 2. The molecule has 1 aliphatic heterocycles. The third-order valence-electron chi connectivity index (χ3n) is 2.79. The van der Waals surface area contributed by atoms with Gasteiger partial charge >= 0.3 is 0 Å². The summed E-state index contributed by atoms with van der Waals surface area (Å²) >= 11 is 4.85. The lowest BCUT2D eigenvalue weighted by molar-refractivity contribution is -0.133. The van der Waals surface area contributed by atoms with Crippen LogP contribution in [0.5, 0.6) is 0 Å². The number of nitrogens with two attached hydrogens (primary N) is 1. The van der Waals surface area contributed by atoms with Gasteiger partial charge in [0.2, 0.25) is 17.8 Å². The minimum Gasteiger partial charge on any atom is -0.388 e. The Hall–Kier alpha value is -2.09. The zero-order valence-corrected chi connectivity index (χ0v) is 11.1. The fraction of sp³-hybridized carbons (Fsp3) is 0.364. The molecule has 2 rings (SSSR count). The van der Waals surface area contributed by atoms with Crippen molar-refractivity contribution in [1.82, 2.24) is 15.3 Å². The van der Waals surface area contributed by atoms with Crippen LogP contribution in [-0.4, -0.2) is 39.4 Å². The minimum absolute atomic E-state index is 0.0328. The molecule has 1 aromatic heterocycles. The molecule has 1 unspecified atom stereocenters. The van der Waals surface area contributed by atoms with Crippen molar-refractivity contribution in [2.24, 2.45) is 5.73 Å². The standard InChI is InChI=1S/C11H13N5O2S/c1-2-7-10(18)15-8(17)5-16(7)11-13-4-3-6(14-11)9(12)19/h3-4,7H,2,5H2,1H3,(H2,12,19)(H,15,17,18). The number of aromatic nitrogens is 2. The molecule has 19 heavy (non-hydrogen) atoms. The topological polar surface area (TPSA) is 101 Å². The molecule has 0 saturated carbocycles. The summed E-state index contributed by atoms with van der Waals surface area (Å²) in [6.07, 6.45) is 2.04. The monoisotopic (exact) mass is 279 g/mol. The van der Waals surface area contributed by atoms with Gasteiger partial charge in [-0.25, -0.2) is 9.97 Å². The predicted octanol–water partition coefficient (Wildman–Crippen LogP) is -0.648. The number of rotatable bonds is 3. The SMILES string of the molecule is CCC1C(=O)NC(=O)CN1c1nccc(C(N)=S)n1. The van der Waals surface area contributed by atoms with E-state index in [0.29, 0.717) is 12.1 Å². The Morgan fingerprint density at radius 2 is 2.37 bits per heavy atom. The lowest BCUT2D eigenvalue weighted by Gasteiger charge is -2.33. The van der Waals surface area contributed by atoms with Gasteiger partial charge in [0.25, 0.3) is 0 Å². The molecule has 0 aliphatic carbocycles. The molecule has 1 atom stereocenters. The number of thiocarbonyl (C=S) groups is 1. The second-order valence-electron chi connectivity index (χ2n) is 4.07. The summed E-state index contributed by atoms with van der Waals surface area (Å²) in [4.78, 5) is 33.2. The molecule has 0 spiro atoms. The van der Waals surface area contributed by atoms with Gasteiger partial charge < -0.3 is 10.6 Å². The van der Waals surface area contributed by atoms with E-state index in [0.717, 1.165) is 0 Å². The lowest BCUT2D eigenvalue weighted by atomic mass is 10.1. The molecule has 8 heteroatoms. The second kappa shape index (κ2) is 5.27. The van der Waals surface area contributed by atoms with Crippen LogP contribution in [0.4, 0.5) is 5.95 Å². The highest BCUT2D eigenvalue weighted by Crippen LogP contribution is 2.16. The molecule has 0 radical (unpaired) electrons. The van der Waals surface area contributed by atoms with Crippen molar-refractivity contribution < 1.29 is 9.59 Å². The van der Waals surface area contributed by atoms with Crippen molar-refractivity contribution in [2.75, 3.05) is 11.4 Å². The summed E-state index contributed by atoms with van der Waals surface area (Å²) in [5.74, 6) is -0.442. The number of amides is 2. The number of nitrogens with zero attached hydrogens (tertiary/aromatic N) is 3. The van der Waals surface area contributed by atoms with Crippen LogP contribution in [0.25, 0.3) is 0 Å². The molecule has 2 heterocycles. The third-order valence-corrected chi connectivity index (χ3v) is 3.00. The van der Waals surface area contributed by atoms with Crippen molar-refractivity contribution in [1.29, 1.82) is 0 Å².